The minimum absolute atomic E-state index is 0.00707. The molecule has 19 heavy (non-hydrogen) atoms. The number of aliphatic carboxylic acids is 1. The van der Waals surface area contributed by atoms with Gasteiger partial charge in [-0.1, -0.05) is 6.92 Å². The molecule has 1 rings (SSSR count). The summed E-state index contributed by atoms with van der Waals surface area (Å²) in [6, 6.07) is -0.348. The van der Waals surface area contributed by atoms with E-state index >= 15 is 0 Å². The van der Waals surface area contributed by atoms with Gasteiger partial charge >= 0.3 is 12.0 Å². The van der Waals surface area contributed by atoms with Gasteiger partial charge in [-0.15, -0.1) is 0 Å². The standard InChI is InChI=1S/C12H22N2O5/c1-2-10-8(4-6-19-10)7-14-12(18)13-5-3-9(15)11(16)17/h8-10,15H,2-7H2,1H3,(H,16,17)(H2,13,14,18). The Kier molecular flexibility index (Phi) is 6.58. The second-order valence-electron chi connectivity index (χ2n) is 4.65. The SMILES string of the molecule is CCC1OCCC1CNC(=O)NCCC(O)C(=O)O. The maximum Gasteiger partial charge on any atom is 0.332 e. The van der Waals surface area contributed by atoms with Gasteiger partial charge in [-0.3, -0.25) is 0 Å². The summed E-state index contributed by atoms with van der Waals surface area (Å²) in [6.45, 7) is 3.46. The minimum atomic E-state index is -1.44. The van der Waals surface area contributed by atoms with Crippen LogP contribution < -0.4 is 10.6 Å². The van der Waals surface area contributed by atoms with Gasteiger partial charge in [-0.05, 0) is 12.8 Å². The largest absolute Gasteiger partial charge is 0.479 e. The van der Waals surface area contributed by atoms with Gasteiger partial charge in [-0.25, -0.2) is 9.59 Å². The molecule has 0 aliphatic carbocycles. The molecule has 1 aliphatic heterocycles. The molecule has 0 aromatic rings. The second-order valence-corrected chi connectivity index (χ2v) is 4.65. The van der Waals surface area contributed by atoms with E-state index in [1.165, 1.54) is 0 Å². The van der Waals surface area contributed by atoms with Crippen LogP contribution in [-0.2, 0) is 9.53 Å². The van der Waals surface area contributed by atoms with Crippen molar-refractivity contribution in [3.8, 4) is 0 Å². The summed E-state index contributed by atoms with van der Waals surface area (Å²) in [5, 5.41) is 22.7. The number of hydrogen-bond acceptors (Lipinski definition) is 4. The maximum atomic E-state index is 11.5. The van der Waals surface area contributed by atoms with Gasteiger partial charge in [0.05, 0.1) is 6.10 Å². The minimum Gasteiger partial charge on any atom is -0.479 e. The van der Waals surface area contributed by atoms with Crippen molar-refractivity contribution < 1.29 is 24.5 Å². The first-order valence-corrected chi connectivity index (χ1v) is 6.58. The molecule has 4 N–H and O–H groups in total. The van der Waals surface area contributed by atoms with Crippen LogP contribution in [0.25, 0.3) is 0 Å². The summed E-state index contributed by atoms with van der Waals surface area (Å²) in [5.74, 6) is -0.948. The van der Waals surface area contributed by atoms with Crippen LogP contribution in [0.2, 0.25) is 0 Å². The molecular formula is C12H22N2O5. The first-order valence-electron chi connectivity index (χ1n) is 6.58. The summed E-state index contributed by atoms with van der Waals surface area (Å²) >= 11 is 0. The maximum absolute atomic E-state index is 11.5. The second kappa shape index (κ2) is 7.96. The first-order chi connectivity index (χ1) is 9.04. The van der Waals surface area contributed by atoms with Crippen molar-refractivity contribution in [2.45, 2.75) is 38.4 Å². The molecule has 0 aromatic carbocycles. The number of urea groups is 1. The van der Waals surface area contributed by atoms with Gasteiger partial charge in [-0.2, -0.15) is 0 Å². The van der Waals surface area contributed by atoms with E-state index in [1.54, 1.807) is 0 Å². The van der Waals surface area contributed by atoms with Crippen LogP contribution >= 0.6 is 0 Å². The Morgan fingerprint density at radius 3 is 2.79 bits per heavy atom. The van der Waals surface area contributed by atoms with Gasteiger partial charge in [0.25, 0.3) is 0 Å². The number of aliphatic hydroxyl groups is 1. The summed E-state index contributed by atoms with van der Waals surface area (Å²) < 4.78 is 5.52. The predicted octanol–water partition coefficient (Wildman–Crippen LogP) is -0.0637. The number of ether oxygens (including phenoxy) is 1. The quantitative estimate of drug-likeness (QED) is 0.520. The number of carboxylic acid groups (broad SMARTS) is 1. The Hall–Kier alpha value is -1.34. The Morgan fingerprint density at radius 1 is 1.42 bits per heavy atom. The molecule has 7 nitrogen and oxygen atoms in total. The summed E-state index contributed by atoms with van der Waals surface area (Å²) in [4.78, 5) is 21.8. The number of nitrogens with one attached hydrogen (secondary N) is 2. The predicted molar refractivity (Wildman–Crippen MR) is 67.8 cm³/mol. The van der Waals surface area contributed by atoms with Crippen molar-refractivity contribution >= 4 is 12.0 Å². The van der Waals surface area contributed by atoms with Gasteiger partial charge < -0.3 is 25.6 Å². The molecule has 1 heterocycles. The fraction of sp³-hybridized carbons (Fsp3) is 0.833. The topological polar surface area (TPSA) is 108 Å². The fourth-order valence-electron chi connectivity index (χ4n) is 2.11. The lowest BCUT2D eigenvalue weighted by molar-refractivity contribution is -0.146. The number of amides is 2. The van der Waals surface area contributed by atoms with Crippen molar-refractivity contribution in [2.24, 2.45) is 5.92 Å². The fourth-order valence-corrected chi connectivity index (χ4v) is 2.11. The number of carboxylic acids is 1. The smallest absolute Gasteiger partial charge is 0.332 e. The molecule has 1 aliphatic rings. The van der Waals surface area contributed by atoms with Gasteiger partial charge in [0.2, 0.25) is 0 Å². The first kappa shape index (κ1) is 15.7. The van der Waals surface area contributed by atoms with Crippen LogP contribution in [0.5, 0.6) is 0 Å². The van der Waals surface area contributed by atoms with E-state index in [1.807, 2.05) is 0 Å². The molecule has 1 saturated heterocycles. The molecule has 0 bridgehead atoms. The third kappa shape index (κ3) is 5.44. The molecule has 110 valence electrons. The highest BCUT2D eigenvalue weighted by atomic mass is 16.5. The van der Waals surface area contributed by atoms with Gasteiger partial charge in [0.15, 0.2) is 6.10 Å². The number of rotatable bonds is 7. The van der Waals surface area contributed by atoms with E-state index in [2.05, 4.69) is 17.6 Å². The van der Waals surface area contributed by atoms with Crippen LogP contribution in [0.15, 0.2) is 0 Å². The lowest BCUT2D eigenvalue weighted by Gasteiger charge is -2.17. The molecule has 1 fully saturated rings. The van der Waals surface area contributed by atoms with Crippen LogP contribution in [0.1, 0.15) is 26.2 Å². The van der Waals surface area contributed by atoms with Crippen molar-refractivity contribution in [2.75, 3.05) is 19.7 Å². The molecule has 0 aromatic heterocycles. The molecule has 7 heteroatoms. The van der Waals surface area contributed by atoms with Crippen molar-refractivity contribution in [1.29, 1.82) is 0 Å². The van der Waals surface area contributed by atoms with Gasteiger partial charge in [0.1, 0.15) is 0 Å². The van der Waals surface area contributed by atoms with Crippen LogP contribution in [-0.4, -0.2) is 54.1 Å². The van der Waals surface area contributed by atoms with Gasteiger partial charge in [0, 0.05) is 32.0 Å². The number of carbonyl (C=O) groups is 2. The Morgan fingerprint density at radius 2 is 2.16 bits per heavy atom. The van der Waals surface area contributed by atoms with Crippen LogP contribution in [0.3, 0.4) is 0 Å². The third-order valence-corrected chi connectivity index (χ3v) is 3.26. The van der Waals surface area contributed by atoms with E-state index in [9.17, 15) is 9.59 Å². The van der Waals surface area contributed by atoms with E-state index in [0.717, 1.165) is 19.4 Å². The lowest BCUT2D eigenvalue weighted by Crippen LogP contribution is -2.41. The molecule has 3 atom stereocenters. The Bertz CT molecular complexity index is 310. The number of carbonyl (C=O) groups excluding carboxylic acids is 1. The third-order valence-electron chi connectivity index (χ3n) is 3.26. The average molecular weight is 274 g/mol. The number of hydrogen-bond donors (Lipinski definition) is 4. The Balaban J connectivity index is 2.12. The zero-order valence-corrected chi connectivity index (χ0v) is 11.1. The summed E-state index contributed by atoms with van der Waals surface area (Å²) in [7, 11) is 0. The Labute approximate surface area is 112 Å². The highest BCUT2D eigenvalue weighted by molar-refractivity contribution is 5.74. The highest BCUT2D eigenvalue weighted by Gasteiger charge is 2.26. The van der Waals surface area contributed by atoms with Crippen LogP contribution in [0.4, 0.5) is 4.79 Å². The van der Waals surface area contributed by atoms with Crippen LogP contribution in [0, 0.1) is 5.92 Å². The molecule has 0 radical (unpaired) electrons. The van der Waals surface area contributed by atoms with E-state index in [0.29, 0.717) is 12.5 Å². The zero-order valence-electron chi connectivity index (χ0n) is 11.1. The molecule has 0 saturated carbocycles. The lowest BCUT2D eigenvalue weighted by atomic mass is 10.00. The molecule has 0 spiro atoms. The highest BCUT2D eigenvalue weighted by Crippen LogP contribution is 2.22. The van der Waals surface area contributed by atoms with Crippen molar-refractivity contribution in [1.82, 2.24) is 10.6 Å². The monoisotopic (exact) mass is 274 g/mol. The van der Waals surface area contributed by atoms with E-state index in [-0.39, 0.29) is 25.1 Å². The molecular weight excluding hydrogens is 252 g/mol. The van der Waals surface area contributed by atoms with E-state index in [4.69, 9.17) is 14.9 Å². The number of aliphatic hydroxyl groups excluding tert-OH is 1. The van der Waals surface area contributed by atoms with Crippen molar-refractivity contribution in [3.05, 3.63) is 0 Å². The molecule has 3 unspecified atom stereocenters. The average Bonchev–Trinajstić information content (AvgIpc) is 2.83. The van der Waals surface area contributed by atoms with Crippen molar-refractivity contribution in [3.63, 3.8) is 0 Å². The summed E-state index contributed by atoms with van der Waals surface area (Å²) in [6.07, 6.45) is 0.629. The zero-order chi connectivity index (χ0) is 14.3. The van der Waals surface area contributed by atoms with E-state index < -0.39 is 12.1 Å². The molecule has 2 amide bonds. The summed E-state index contributed by atoms with van der Waals surface area (Å²) in [5.41, 5.74) is 0. The normalized spacial score (nSPS) is 23.9.